The second-order valence-electron chi connectivity index (χ2n) is 5.24. The average Bonchev–Trinajstić information content (AvgIpc) is 2.39. The molecular formula is C12H24N2O2S. The molecule has 1 atom stereocenters. The van der Waals surface area contributed by atoms with Gasteiger partial charge in [0.05, 0.1) is 11.0 Å². The Balaban J connectivity index is 1.79. The van der Waals surface area contributed by atoms with E-state index in [2.05, 4.69) is 10.2 Å². The van der Waals surface area contributed by atoms with Crippen molar-refractivity contribution in [2.24, 2.45) is 0 Å². The van der Waals surface area contributed by atoms with Crippen molar-refractivity contribution in [3.8, 4) is 0 Å². The van der Waals surface area contributed by atoms with Crippen LogP contribution in [0.4, 0.5) is 0 Å². The number of hydrogen-bond donors (Lipinski definition) is 1. The van der Waals surface area contributed by atoms with E-state index in [1.807, 2.05) is 0 Å². The molecule has 17 heavy (non-hydrogen) atoms. The van der Waals surface area contributed by atoms with Crippen LogP contribution in [0.25, 0.3) is 0 Å². The van der Waals surface area contributed by atoms with Crippen LogP contribution < -0.4 is 5.32 Å². The van der Waals surface area contributed by atoms with Crippen LogP contribution in [0.5, 0.6) is 0 Å². The number of likely N-dealkylation sites (tertiary alicyclic amines) is 1. The van der Waals surface area contributed by atoms with Crippen LogP contribution in [0, 0.1) is 0 Å². The Morgan fingerprint density at radius 3 is 2.53 bits per heavy atom. The largest absolute Gasteiger partial charge is 0.315 e. The summed E-state index contributed by atoms with van der Waals surface area (Å²) in [6.45, 7) is 4.52. The fraction of sp³-hybridized carbons (Fsp3) is 1.00. The molecule has 2 fully saturated rings. The fourth-order valence-corrected chi connectivity index (χ4v) is 4.48. The van der Waals surface area contributed by atoms with Gasteiger partial charge < -0.3 is 10.2 Å². The van der Waals surface area contributed by atoms with Gasteiger partial charge in [0.2, 0.25) is 0 Å². The van der Waals surface area contributed by atoms with Gasteiger partial charge in [-0.1, -0.05) is 6.42 Å². The van der Waals surface area contributed by atoms with E-state index in [1.165, 1.54) is 19.3 Å². The Morgan fingerprint density at radius 2 is 1.88 bits per heavy atom. The second kappa shape index (κ2) is 6.16. The summed E-state index contributed by atoms with van der Waals surface area (Å²) in [5, 5.41) is 3.05. The summed E-state index contributed by atoms with van der Waals surface area (Å²) in [5.74, 6) is 0.347. The molecule has 0 amide bonds. The second-order valence-corrected chi connectivity index (χ2v) is 7.64. The number of rotatable bonds is 4. The highest BCUT2D eigenvalue weighted by Crippen LogP contribution is 2.14. The van der Waals surface area contributed by atoms with Crippen LogP contribution in [0.15, 0.2) is 0 Å². The quantitative estimate of drug-likeness (QED) is 0.806. The minimum absolute atomic E-state index is 0.138. The van der Waals surface area contributed by atoms with Crippen molar-refractivity contribution >= 4 is 9.84 Å². The van der Waals surface area contributed by atoms with Crippen LogP contribution in [-0.4, -0.2) is 57.0 Å². The summed E-state index contributed by atoms with van der Waals surface area (Å²) in [4.78, 5) is 2.30. The van der Waals surface area contributed by atoms with E-state index in [1.54, 1.807) is 0 Å². The molecule has 1 unspecified atom stereocenters. The maximum Gasteiger partial charge on any atom is 0.155 e. The van der Waals surface area contributed by atoms with Gasteiger partial charge in [0.25, 0.3) is 0 Å². The predicted octanol–water partition coefficient (Wildman–Crippen LogP) is 0.639. The van der Waals surface area contributed by atoms with E-state index < -0.39 is 9.84 Å². The zero-order valence-electron chi connectivity index (χ0n) is 10.5. The minimum Gasteiger partial charge on any atom is -0.315 e. The smallest absolute Gasteiger partial charge is 0.155 e. The van der Waals surface area contributed by atoms with Gasteiger partial charge >= 0.3 is 0 Å². The zero-order chi connectivity index (χ0) is 12.1. The Hall–Kier alpha value is -0.130. The normalized spacial score (nSPS) is 28.1. The van der Waals surface area contributed by atoms with E-state index in [0.29, 0.717) is 12.3 Å². The van der Waals surface area contributed by atoms with Gasteiger partial charge in [0, 0.05) is 13.1 Å². The van der Waals surface area contributed by atoms with Gasteiger partial charge in [-0.15, -0.1) is 0 Å². The molecule has 0 bridgehead atoms. The van der Waals surface area contributed by atoms with Gasteiger partial charge in [-0.05, 0) is 45.3 Å². The number of sulfone groups is 1. The highest BCUT2D eigenvalue weighted by atomic mass is 32.2. The topological polar surface area (TPSA) is 49.4 Å². The van der Waals surface area contributed by atoms with Gasteiger partial charge in [0.15, 0.2) is 9.84 Å². The highest BCUT2D eigenvalue weighted by molar-refractivity contribution is 7.92. The summed E-state index contributed by atoms with van der Waals surface area (Å²) < 4.78 is 24.3. The van der Waals surface area contributed by atoms with Crippen LogP contribution in [0.3, 0.4) is 0 Å². The maximum absolute atomic E-state index is 12.2. The lowest BCUT2D eigenvalue weighted by Crippen LogP contribution is -2.42. The van der Waals surface area contributed by atoms with Crippen LogP contribution in [0.1, 0.15) is 32.1 Å². The van der Waals surface area contributed by atoms with E-state index in [-0.39, 0.29) is 5.25 Å². The molecule has 0 radical (unpaired) electrons. The summed E-state index contributed by atoms with van der Waals surface area (Å²) in [6, 6.07) is 0. The molecule has 0 aromatic carbocycles. The van der Waals surface area contributed by atoms with Crippen molar-refractivity contribution in [3.05, 3.63) is 0 Å². The Morgan fingerprint density at radius 1 is 1.12 bits per heavy atom. The van der Waals surface area contributed by atoms with E-state index in [0.717, 1.165) is 39.0 Å². The Bertz CT molecular complexity index is 317. The van der Waals surface area contributed by atoms with Crippen molar-refractivity contribution in [2.75, 3.05) is 38.5 Å². The third kappa shape index (κ3) is 3.93. The van der Waals surface area contributed by atoms with Gasteiger partial charge in [0.1, 0.15) is 0 Å². The molecular weight excluding hydrogens is 236 g/mol. The molecule has 2 saturated heterocycles. The number of hydrogen-bond acceptors (Lipinski definition) is 4. The first-order valence-electron chi connectivity index (χ1n) is 6.83. The average molecular weight is 260 g/mol. The third-order valence-corrected chi connectivity index (χ3v) is 6.07. The Labute approximate surface area is 105 Å². The minimum atomic E-state index is -2.89. The van der Waals surface area contributed by atoms with Gasteiger partial charge in [-0.25, -0.2) is 8.42 Å². The lowest BCUT2D eigenvalue weighted by Gasteiger charge is -2.28. The lowest BCUT2D eigenvalue weighted by atomic mass is 10.1. The van der Waals surface area contributed by atoms with E-state index in [4.69, 9.17) is 0 Å². The third-order valence-electron chi connectivity index (χ3n) is 3.90. The standard InChI is InChI=1S/C12H24N2O2S/c15-17(16,12-5-4-6-13-11-12)10-9-14-7-2-1-3-8-14/h12-13H,1-11H2. The lowest BCUT2D eigenvalue weighted by molar-refractivity contribution is 0.241. The van der Waals surface area contributed by atoms with Crippen molar-refractivity contribution in [3.63, 3.8) is 0 Å². The summed E-state index contributed by atoms with van der Waals surface area (Å²) in [5.41, 5.74) is 0. The number of nitrogens with one attached hydrogen (secondary N) is 1. The molecule has 1 N–H and O–H groups in total. The molecule has 2 rings (SSSR count). The molecule has 0 aromatic heterocycles. The molecule has 2 aliphatic heterocycles. The van der Waals surface area contributed by atoms with Crippen LogP contribution >= 0.6 is 0 Å². The molecule has 0 aliphatic carbocycles. The fourth-order valence-electron chi connectivity index (χ4n) is 2.73. The number of piperidine rings is 2. The first-order valence-corrected chi connectivity index (χ1v) is 8.55. The molecule has 2 aliphatic rings. The molecule has 2 heterocycles. The molecule has 0 aromatic rings. The van der Waals surface area contributed by atoms with Crippen molar-refractivity contribution in [2.45, 2.75) is 37.4 Å². The summed E-state index contributed by atoms with van der Waals surface area (Å²) in [7, 11) is -2.89. The van der Waals surface area contributed by atoms with Crippen molar-refractivity contribution in [1.29, 1.82) is 0 Å². The molecule has 100 valence electrons. The van der Waals surface area contributed by atoms with Crippen molar-refractivity contribution < 1.29 is 8.42 Å². The maximum atomic E-state index is 12.2. The molecule has 0 saturated carbocycles. The molecule has 4 nitrogen and oxygen atoms in total. The van der Waals surface area contributed by atoms with E-state index in [9.17, 15) is 8.42 Å². The van der Waals surface area contributed by atoms with Crippen LogP contribution in [-0.2, 0) is 9.84 Å². The Kier molecular flexibility index (Phi) is 4.82. The summed E-state index contributed by atoms with van der Waals surface area (Å²) in [6.07, 6.45) is 5.59. The first-order chi connectivity index (χ1) is 8.18. The van der Waals surface area contributed by atoms with Crippen LogP contribution in [0.2, 0.25) is 0 Å². The first kappa shape index (κ1) is 13.3. The predicted molar refractivity (Wildman–Crippen MR) is 70.0 cm³/mol. The van der Waals surface area contributed by atoms with Crippen molar-refractivity contribution in [1.82, 2.24) is 10.2 Å². The SMILES string of the molecule is O=S(=O)(CCN1CCCCC1)C1CCCNC1. The molecule has 0 spiro atoms. The van der Waals surface area contributed by atoms with Gasteiger partial charge in [-0.2, -0.15) is 0 Å². The highest BCUT2D eigenvalue weighted by Gasteiger charge is 2.27. The zero-order valence-corrected chi connectivity index (χ0v) is 11.3. The monoisotopic (exact) mass is 260 g/mol. The van der Waals surface area contributed by atoms with Gasteiger partial charge in [-0.3, -0.25) is 0 Å². The summed E-state index contributed by atoms with van der Waals surface area (Å²) >= 11 is 0. The number of nitrogens with zero attached hydrogens (tertiary/aromatic N) is 1. The van der Waals surface area contributed by atoms with E-state index >= 15 is 0 Å². The molecule has 5 heteroatoms.